The number of halogens is 5. The summed E-state index contributed by atoms with van der Waals surface area (Å²) in [6, 6.07) is 0.796. The van der Waals surface area contributed by atoms with Gasteiger partial charge >= 0.3 is 12.2 Å². The SMILES string of the molecule is CN=C/C(C1=C[C@@H]2C[C@H]1N(C(=O)CN1Cc3c(ccc(F)c3F)NC1=O)C2)=C(\N)C(F)(F)F. The van der Waals surface area contributed by atoms with E-state index in [0.717, 1.165) is 17.2 Å². The normalized spacial score (nSPS) is 23.0. The van der Waals surface area contributed by atoms with Crippen molar-refractivity contribution >= 4 is 23.8 Å². The van der Waals surface area contributed by atoms with Crippen molar-refractivity contribution < 1.29 is 31.5 Å². The van der Waals surface area contributed by atoms with Gasteiger partial charge < -0.3 is 20.9 Å². The Morgan fingerprint density at radius 3 is 2.70 bits per heavy atom. The van der Waals surface area contributed by atoms with Crippen molar-refractivity contribution in [1.82, 2.24) is 9.80 Å². The first kappa shape index (κ1) is 22.7. The number of carbonyl (C=O) groups excluding carboxylic acids is 2. The van der Waals surface area contributed by atoms with Crippen molar-refractivity contribution in [1.29, 1.82) is 0 Å². The van der Waals surface area contributed by atoms with Gasteiger partial charge in [-0.05, 0) is 30.0 Å². The third kappa shape index (κ3) is 4.05. The Hall–Kier alpha value is -3.44. The molecule has 0 spiro atoms. The van der Waals surface area contributed by atoms with Crippen LogP contribution in [0.2, 0.25) is 0 Å². The Balaban J connectivity index is 1.54. The summed E-state index contributed by atoms with van der Waals surface area (Å²) in [6.45, 7) is -0.506. The Kier molecular flexibility index (Phi) is 5.62. The number of aliphatic imine (C=N–C) groups is 1. The van der Waals surface area contributed by atoms with Gasteiger partial charge in [0, 0.05) is 30.9 Å². The van der Waals surface area contributed by atoms with E-state index in [1.807, 2.05) is 0 Å². The number of nitrogens with zero attached hydrogens (tertiary/aromatic N) is 3. The maximum atomic E-state index is 14.2. The van der Waals surface area contributed by atoms with Gasteiger partial charge in [-0.3, -0.25) is 9.79 Å². The van der Waals surface area contributed by atoms with E-state index in [4.69, 9.17) is 5.73 Å². The molecule has 1 saturated heterocycles. The van der Waals surface area contributed by atoms with Gasteiger partial charge in [-0.1, -0.05) is 6.08 Å². The molecule has 3 aliphatic rings. The molecule has 0 aromatic heterocycles. The van der Waals surface area contributed by atoms with E-state index >= 15 is 0 Å². The van der Waals surface area contributed by atoms with Gasteiger partial charge in [-0.15, -0.1) is 0 Å². The molecule has 1 aliphatic carbocycles. The average molecular weight is 469 g/mol. The summed E-state index contributed by atoms with van der Waals surface area (Å²) in [4.78, 5) is 31.5. The zero-order chi connectivity index (χ0) is 24.1. The number of hydrogen-bond donors (Lipinski definition) is 2. The number of likely N-dealkylation sites (tertiary alicyclic amines) is 1. The predicted molar refractivity (Wildman–Crippen MR) is 109 cm³/mol. The van der Waals surface area contributed by atoms with E-state index in [1.165, 1.54) is 18.0 Å². The Labute approximate surface area is 185 Å². The van der Waals surface area contributed by atoms with E-state index in [0.29, 0.717) is 6.42 Å². The fourth-order valence-electron chi connectivity index (χ4n) is 4.48. The molecule has 3 N–H and O–H groups in total. The number of fused-ring (bicyclic) bond motifs is 3. The molecule has 2 heterocycles. The van der Waals surface area contributed by atoms with E-state index in [2.05, 4.69) is 10.3 Å². The number of amides is 3. The molecule has 4 rings (SSSR count). The maximum Gasteiger partial charge on any atom is 0.431 e. The zero-order valence-corrected chi connectivity index (χ0v) is 17.4. The first-order valence-corrected chi connectivity index (χ1v) is 10.0. The zero-order valence-electron chi connectivity index (χ0n) is 17.4. The van der Waals surface area contributed by atoms with Crippen molar-refractivity contribution in [2.24, 2.45) is 16.6 Å². The van der Waals surface area contributed by atoms with Crippen LogP contribution in [0.25, 0.3) is 0 Å². The molecule has 3 amide bonds. The van der Waals surface area contributed by atoms with Crippen LogP contribution in [-0.2, 0) is 11.3 Å². The molecule has 176 valence electrons. The van der Waals surface area contributed by atoms with E-state index < -0.39 is 48.0 Å². The molecule has 7 nitrogen and oxygen atoms in total. The third-order valence-electron chi connectivity index (χ3n) is 5.99. The standard InChI is InChI=1S/C21H20F5N5O2/c1-28-6-12(19(27)21(24,25)26)11-4-10-5-16(11)31(7-10)17(32)9-30-8-13-15(29-20(30)33)3-2-14(22)18(13)23/h2-4,6,10,16H,5,7-9,27H2,1H3,(H,29,33)/b19-12+,28-6?/t10-,16-/m1/s1. The van der Waals surface area contributed by atoms with Crippen LogP contribution in [0.1, 0.15) is 12.0 Å². The summed E-state index contributed by atoms with van der Waals surface area (Å²) in [7, 11) is 1.31. The number of benzene rings is 1. The van der Waals surface area contributed by atoms with Gasteiger partial charge in [0.1, 0.15) is 12.2 Å². The second-order valence-corrected chi connectivity index (χ2v) is 8.07. The lowest BCUT2D eigenvalue weighted by Crippen LogP contribution is -2.48. The number of alkyl halides is 3. The van der Waals surface area contributed by atoms with Crippen LogP contribution < -0.4 is 11.1 Å². The molecular formula is C21H20F5N5O2. The number of rotatable bonds is 4. The highest BCUT2D eigenvalue weighted by atomic mass is 19.4. The van der Waals surface area contributed by atoms with Gasteiger partial charge in [0.25, 0.3) is 0 Å². The minimum absolute atomic E-state index is 0.0896. The summed E-state index contributed by atoms with van der Waals surface area (Å²) in [5.41, 5.74) is 4.03. The molecular weight excluding hydrogens is 449 g/mol. The topological polar surface area (TPSA) is 91.0 Å². The van der Waals surface area contributed by atoms with Crippen molar-refractivity contribution in [3.63, 3.8) is 0 Å². The summed E-state index contributed by atoms with van der Waals surface area (Å²) in [5, 5.41) is 2.42. The quantitative estimate of drug-likeness (QED) is 0.525. The minimum atomic E-state index is -4.77. The summed E-state index contributed by atoms with van der Waals surface area (Å²) in [6.07, 6.45) is -1.68. The van der Waals surface area contributed by atoms with Crippen LogP contribution in [-0.4, -0.2) is 60.3 Å². The van der Waals surface area contributed by atoms with E-state index in [-0.39, 0.29) is 41.4 Å². The van der Waals surface area contributed by atoms with Crippen LogP contribution in [0, 0.1) is 17.6 Å². The molecule has 0 saturated carbocycles. The predicted octanol–water partition coefficient (Wildman–Crippen LogP) is 2.95. The first-order chi connectivity index (χ1) is 15.5. The Morgan fingerprint density at radius 1 is 1.33 bits per heavy atom. The number of allylic oxidation sites excluding steroid dienone is 1. The number of nitrogens with two attached hydrogens (primary N) is 1. The highest BCUT2D eigenvalue weighted by Gasteiger charge is 2.45. The Morgan fingerprint density at radius 2 is 2.06 bits per heavy atom. The lowest BCUT2D eigenvalue weighted by molar-refractivity contribution is -0.132. The van der Waals surface area contributed by atoms with Gasteiger partial charge in [-0.25, -0.2) is 13.6 Å². The number of urea groups is 1. The van der Waals surface area contributed by atoms with Gasteiger partial charge in [-0.2, -0.15) is 13.2 Å². The number of carbonyl (C=O) groups is 2. The van der Waals surface area contributed by atoms with Crippen LogP contribution in [0.5, 0.6) is 0 Å². The fraction of sp³-hybridized carbons (Fsp3) is 0.381. The van der Waals surface area contributed by atoms with Crippen LogP contribution in [0.3, 0.4) is 0 Å². The molecule has 1 aromatic rings. The number of anilines is 1. The fourth-order valence-corrected chi connectivity index (χ4v) is 4.48. The molecule has 1 aromatic carbocycles. The van der Waals surface area contributed by atoms with Crippen molar-refractivity contribution in [2.45, 2.75) is 25.2 Å². The van der Waals surface area contributed by atoms with Gasteiger partial charge in [0.15, 0.2) is 11.6 Å². The smallest absolute Gasteiger partial charge is 0.394 e. The van der Waals surface area contributed by atoms with Crippen molar-refractivity contribution in [3.05, 3.63) is 52.2 Å². The van der Waals surface area contributed by atoms with Crippen molar-refractivity contribution in [2.75, 3.05) is 25.5 Å². The minimum Gasteiger partial charge on any atom is -0.394 e. The van der Waals surface area contributed by atoms with E-state index in [9.17, 15) is 31.5 Å². The van der Waals surface area contributed by atoms with Gasteiger partial charge in [0.05, 0.1) is 18.3 Å². The molecule has 2 bridgehead atoms. The molecule has 2 aliphatic heterocycles. The third-order valence-corrected chi connectivity index (χ3v) is 5.99. The summed E-state index contributed by atoms with van der Waals surface area (Å²) in [5.74, 6) is -2.90. The highest BCUT2D eigenvalue weighted by Crippen LogP contribution is 2.41. The van der Waals surface area contributed by atoms with Gasteiger partial charge in [0.2, 0.25) is 5.91 Å². The highest BCUT2D eigenvalue weighted by molar-refractivity contribution is 5.95. The molecule has 1 fully saturated rings. The van der Waals surface area contributed by atoms with E-state index in [1.54, 1.807) is 6.08 Å². The second kappa shape index (κ2) is 8.16. The largest absolute Gasteiger partial charge is 0.431 e. The average Bonchev–Trinajstić information content (AvgIpc) is 3.36. The molecule has 12 heteroatoms. The number of nitrogens with one attached hydrogen (secondary N) is 1. The molecule has 0 radical (unpaired) electrons. The lowest BCUT2D eigenvalue weighted by Gasteiger charge is -2.33. The molecule has 0 unspecified atom stereocenters. The lowest BCUT2D eigenvalue weighted by atomic mass is 9.98. The summed E-state index contributed by atoms with van der Waals surface area (Å²) < 4.78 is 67.5. The summed E-state index contributed by atoms with van der Waals surface area (Å²) >= 11 is 0. The first-order valence-electron chi connectivity index (χ1n) is 10.0. The van der Waals surface area contributed by atoms with Crippen LogP contribution in [0.15, 0.2) is 40.0 Å². The van der Waals surface area contributed by atoms with Crippen LogP contribution in [0.4, 0.5) is 32.4 Å². The van der Waals surface area contributed by atoms with Crippen molar-refractivity contribution in [3.8, 4) is 0 Å². The maximum absolute atomic E-state index is 14.2. The Bertz CT molecular complexity index is 1110. The monoisotopic (exact) mass is 469 g/mol. The van der Waals surface area contributed by atoms with Crippen LogP contribution >= 0.6 is 0 Å². The number of hydrogen-bond acceptors (Lipinski definition) is 4. The molecule has 2 atom stereocenters. The molecule has 33 heavy (non-hydrogen) atoms. The second-order valence-electron chi connectivity index (χ2n) is 8.07.